The van der Waals surface area contributed by atoms with E-state index in [4.69, 9.17) is 22.8 Å². The van der Waals surface area contributed by atoms with E-state index in [1.165, 1.54) is 0 Å². The van der Waals surface area contributed by atoms with Crippen molar-refractivity contribution in [3.05, 3.63) is 12.3 Å². The van der Waals surface area contributed by atoms with Crippen molar-refractivity contribution in [2.75, 3.05) is 34.0 Å². The third-order valence-corrected chi connectivity index (χ3v) is 4.34. The molecule has 0 aromatic heterocycles. The Bertz CT molecular complexity index is 178. The van der Waals surface area contributed by atoms with Crippen LogP contribution in [0.15, 0.2) is 12.3 Å². The average molecular weight is 250 g/mol. The molecule has 0 aliphatic rings. The molecule has 0 rings (SSSR count). The lowest BCUT2D eigenvalue weighted by Crippen LogP contribution is -2.46. The highest BCUT2D eigenvalue weighted by molar-refractivity contribution is 6.66. The third-order valence-electron chi connectivity index (χ3n) is 1.89. The van der Waals surface area contributed by atoms with E-state index in [2.05, 4.69) is 6.58 Å². The first-order valence-corrected chi connectivity index (χ1v) is 7.09. The van der Waals surface area contributed by atoms with Crippen molar-refractivity contribution < 1.29 is 22.8 Å². The minimum Gasteiger partial charge on any atom is -0.371 e. The summed E-state index contributed by atoms with van der Waals surface area (Å²) in [6.45, 7) is 8.77. The first-order valence-electron chi connectivity index (χ1n) is 5.29. The highest BCUT2D eigenvalue weighted by Gasteiger charge is 2.38. The van der Waals surface area contributed by atoms with Crippen LogP contribution < -0.4 is 0 Å². The Morgan fingerprint density at radius 1 is 1.06 bits per heavy atom. The Morgan fingerprint density at radius 2 is 1.56 bits per heavy atom. The molecular formula is C10H22O5Si. The normalized spacial score (nSPS) is 12.1. The molecule has 16 heavy (non-hydrogen) atoms. The van der Waals surface area contributed by atoms with Crippen molar-refractivity contribution in [2.24, 2.45) is 0 Å². The second kappa shape index (κ2) is 8.86. The van der Waals surface area contributed by atoms with Crippen LogP contribution in [0, 0.1) is 0 Å². The Kier molecular flexibility index (Phi) is 8.72. The van der Waals surface area contributed by atoms with Crippen LogP contribution in [0.2, 0.25) is 0 Å². The minimum atomic E-state index is -2.76. The van der Waals surface area contributed by atoms with Crippen LogP contribution in [0.1, 0.15) is 13.8 Å². The van der Waals surface area contributed by atoms with E-state index in [0.717, 1.165) is 0 Å². The lowest BCUT2D eigenvalue weighted by Gasteiger charge is -2.27. The summed E-state index contributed by atoms with van der Waals surface area (Å²) < 4.78 is 26.7. The first-order chi connectivity index (χ1) is 7.67. The molecule has 0 atom stereocenters. The van der Waals surface area contributed by atoms with Crippen molar-refractivity contribution in [1.82, 2.24) is 0 Å². The summed E-state index contributed by atoms with van der Waals surface area (Å²) >= 11 is 0. The Hall–Kier alpha value is -0.243. The number of ether oxygens (including phenoxy) is 2. The average Bonchev–Trinajstić information content (AvgIpc) is 2.30. The Morgan fingerprint density at radius 3 is 1.88 bits per heavy atom. The van der Waals surface area contributed by atoms with E-state index in [1.54, 1.807) is 19.9 Å². The summed E-state index contributed by atoms with van der Waals surface area (Å²) in [4.78, 5) is 0. The van der Waals surface area contributed by atoms with Gasteiger partial charge in [0.05, 0.1) is 6.61 Å². The summed E-state index contributed by atoms with van der Waals surface area (Å²) in [6.07, 6.45) is -0.423. The molecular weight excluding hydrogens is 228 g/mol. The molecule has 0 saturated carbocycles. The van der Waals surface area contributed by atoms with Crippen LogP contribution >= 0.6 is 0 Å². The Labute approximate surface area is 98.7 Å². The molecule has 0 heterocycles. The molecule has 0 spiro atoms. The fraction of sp³-hybridized carbons (Fsp3) is 0.800. The van der Waals surface area contributed by atoms with Gasteiger partial charge in [0.15, 0.2) is 6.29 Å². The van der Waals surface area contributed by atoms with Gasteiger partial charge in [-0.2, -0.15) is 0 Å². The van der Waals surface area contributed by atoms with Crippen LogP contribution in [-0.2, 0) is 22.8 Å². The molecule has 0 radical (unpaired) electrons. The van der Waals surface area contributed by atoms with Gasteiger partial charge in [-0.25, -0.2) is 0 Å². The zero-order chi connectivity index (χ0) is 12.4. The van der Waals surface area contributed by atoms with Crippen LogP contribution in [0.4, 0.5) is 0 Å². The molecule has 0 aliphatic carbocycles. The molecule has 0 fully saturated rings. The van der Waals surface area contributed by atoms with E-state index >= 15 is 0 Å². The fourth-order valence-electron chi connectivity index (χ4n) is 1.12. The summed E-state index contributed by atoms with van der Waals surface area (Å²) in [6, 6.07) is 0. The lowest BCUT2D eigenvalue weighted by atomic mass is 10.7. The largest absolute Gasteiger partial charge is 0.529 e. The summed E-state index contributed by atoms with van der Waals surface area (Å²) in [7, 11) is 0.342. The minimum absolute atomic E-state index is 0.255. The summed E-state index contributed by atoms with van der Waals surface area (Å²) in [5.74, 6) is 0. The van der Waals surface area contributed by atoms with Crippen molar-refractivity contribution in [3.63, 3.8) is 0 Å². The molecule has 96 valence electrons. The third kappa shape index (κ3) is 5.20. The second-order valence-corrected chi connectivity index (χ2v) is 5.37. The Balaban J connectivity index is 4.33. The van der Waals surface area contributed by atoms with Gasteiger partial charge in [0.2, 0.25) is 0 Å². The molecule has 0 aromatic carbocycles. The van der Waals surface area contributed by atoms with Gasteiger partial charge in [-0.05, 0) is 19.5 Å². The van der Waals surface area contributed by atoms with Gasteiger partial charge in [-0.15, -0.1) is 0 Å². The maximum absolute atomic E-state index is 5.63. The van der Waals surface area contributed by atoms with Crippen LogP contribution in [0.3, 0.4) is 0 Å². The maximum atomic E-state index is 5.63. The SMILES string of the molecule is C=C[Si](OCC)(OCC)OCC(OC)OC. The zero-order valence-corrected chi connectivity index (χ0v) is 11.5. The molecule has 0 bridgehead atoms. The number of rotatable bonds is 10. The van der Waals surface area contributed by atoms with E-state index in [0.29, 0.717) is 13.2 Å². The van der Waals surface area contributed by atoms with Crippen molar-refractivity contribution in [2.45, 2.75) is 20.1 Å². The van der Waals surface area contributed by atoms with Crippen LogP contribution in [0.25, 0.3) is 0 Å². The molecule has 6 heteroatoms. The first kappa shape index (κ1) is 15.8. The standard InChI is InChI=1S/C10H22O5Si/c1-6-13-16(8-3,14-7-2)15-9-10(11-4)12-5/h8,10H,3,6-7,9H2,1-2,4-5H3. The van der Waals surface area contributed by atoms with E-state index < -0.39 is 15.1 Å². The van der Waals surface area contributed by atoms with Crippen LogP contribution in [-0.4, -0.2) is 49.1 Å². The molecule has 5 nitrogen and oxygen atoms in total. The van der Waals surface area contributed by atoms with Gasteiger partial charge in [0, 0.05) is 27.4 Å². The molecule has 0 aliphatic heterocycles. The van der Waals surface area contributed by atoms with E-state index in [-0.39, 0.29) is 6.61 Å². The predicted molar refractivity (Wildman–Crippen MR) is 63.0 cm³/mol. The van der Waals surface area contributed by atoms with Crippen molar-refractivity contribution in [3.8, 4) is 0 Å². The van der Waals surface area contributed by atoms with Gasteiger partial charge in [-0.1, -0.05) is 6.58 Å². The topological polar surface area (TPSA) is 46.2 Å². The molecule has 0 unspecified atom stereocenters. The monoisotopic (exact) mass is 250 g/mol. The number of hydrogen-bond acceptors (Lipinski definition) is 5. The quantitative estimate of drug-likeness (QED) is 0.433. The summed E-state index contributed by atoms with van der Waals surface area (Å²) in [5.41, 5.74) is 1.61. The van der Waals surface area contributed by atoms with Gasteiger partial charge in [-0.3, -0.25) is 0 Å². The molecule has 0 N–H and O–H groups in total. The number of hydrogen-bond donors (Lipinski definition) is 0. The predicted octanol–water partition coefficient (Wildman–Crippen LogP) is 1.36. The molecule has 0 saturated heterocycles. The lowest BCUT2D eigenvalue weighted by molar-refractivity contribution is -0.131. The maximum Gasteiger partial charge on any atom is 0.529 e. The highest BCUT2D eigenvalue weighted by atomic mass is 28.4. The molecule has 0 amide bonds. The van der Waals surface area contributed by atoms with Crippen molar-refractivity contribution in [1.29, 1.82) is 0 Å². The zero-order valence-electron chi connectivity index (χ0n) is 10.5. The van der Waals surface area contributed by atoms with E-state index in [9.17, 15) is 0 Å². The van der Waals surface area contributed by atoms with Crippen molar-refractivity contribution >= 4 is 8.80 Å². The second-order valence-electron chi connectivity index (χ2n) is 2.89. The number of methoxy groups -OCH3 is 2. The van der Waals surface area contributed by atoms with Gasteiger partial charge < -0.3 is 22.8 Å². The van der Waals surface area contributed by atoms with Gasteiger partial charge in [0.25, 0.3) is 0 Å². The molecule has 0 aromatic rings. The highest BCUT2D eigenvalue weighted by Crippen LogP contribution is 2.12. The van der Waals surface area contributed by atoms with E-state index in [1.807, 2.05) is 13.8 Å². The van der Waals surface area contributed by atoms with Crippen LogP contribution in [0.5, 0.6) is 0 Å². The van der Waals surface area contributed by atoms with Gasteiger partial charge in [0.1, 0.15) is 0 Å². The fourth-order valence-corrected chi connectivity index (χ4v) is 2.90. The smallest absolute Gasteiger partial charge is 0.371 e. The van der Waals surface area contributed by atoms with Gasteiger partial charge >= 0.3 is 8.80 Å². The summed E-state index contributed by atoms with van der Waals surface area (Å²) in [5, 5.41) is 0.